The van der Waals surface area contributed by atoms with Gasteiger partial charge in [-0.15, -0.1) is 0 Å². The van der Waals surface area contributed by atoms with E-state index in [0.717, 1.165) is 77.2 Å². The molecule has 6 heteroatoms. The predicted molar refractivity (Wildman–Crippen MR) is 115 cm³/mol. The van der Waals surface area contributed by atoms with Crippen molar-refractivity contribution in [2.24, 2.45) is 11.7 Å². The number of hydrogen-bond acceptors (Lipinski definition) is 5. The number of amides is 1. The van der Waals surface area contributed by atoms with Gasteiger partial charge in [-0.05, 0) is 77.0 Å². The van der Waals surface area contributed by atoms with Crippen LogP contribution in [0.5, 0.6) is 5.75 Å². The van der Waals surface area contributed by atoms with Crippen LogP contribution in [0.2, 0.25) is 0 Å². The van der Waals surface area contributed by atoms with E-state index >= 15 is 0 Å². The van der Waals surface area contributed by atoms with E-state index in [2.05, 4.69) is 48.2 Å². The van der Waals surface area contributed by atoms with Gasteiger partial charge in [0, 0.05) is 37.6 Å². The molecule has 2 fully saturated rings. The Bertz CT molecular complexity index is 633. The van der Waals surface area contributed by atoms with E-state index in [-0.39, 0.29) is 17.2 Å². The van der Waals surface area contributed by atoms with Gasteiger partial charge in [0.2, 0.25) is 5.91 Å². The zero-order valence-corrected chi connectivity index (χ0v) is 18.1. The summed E-state index contributed by atoms with van der Waals surface area (Å²) in [7, 11) is 4.29. The molecule has 2 aliphatic heterocycles. The molecule has 2 saturated heterocycles. The van der Waals surface area contributed by atoms with Crippen molar-refractivity contribution >= 4 is 5.91 Å². The lowest BCUT2D eigenvalue weighted by molar-refractivity contribution is -0.123. The number of nitrogens with zero attached hydrogens (tertiary/aromatic N) is 2. The molecule has 0 bridgehead atoms. The number of piperidine rings is 1. The Morgan fingerprint density at radius 2 is 1.86 bits per heavy atom. The van der Waals surface area contributed by atoms with E-state index in [9.17, 15) is 4.79 Å². The number of rotatable bonds is 9. The molecule has 162 valence electrons. The summed E-state index contributed by atoms with van der Waals surface area (Å²) in [5.74, 6) is 0.852. The van der Waals surface area contributed by atoms with Crippen LogP contribution in [-0.2, 0) is 14.9 Å². The zero-order chi connectivity index (χ0) is 20.7. The van der Waals surface area contributed by atoms with Crippen molar-refractivity contribution in [3.05, 3.63) is 29.8 Å². The van der Waals surface area contributed by atoms with Gasteiger partial charge in [-0.3, -0.25) is 4.79 Å². The highest BCUT2D eigenvalue weighted by Crippen LogP contribution is 2.36. The largest absolute Gasteiger partial charge is 0.494 e. The predicted octanol–water partition coefficient (Wildman–Crippen LogP) is 2.26. The van der Waals surface area contributed by atoms with Gasteiger partial charge >= 0.3 is 0 Å². The zero-order valence-electron chi connectivity index (χ0n) is 18.1. The molecule has 0 spiro atoms. The van der Waals surface area contributed by atoms with Gasteiger partial charge in [-0.1, -0.05) is 12.1 Å². The lowest BCUT2D eigenvalue weighted by Gasteiger charge is -2.39. The molecule has 0 radical (unpaired) electrons. The van der Waals surface area contributed by atoms with Crippen LogP contribution in [0.15, 0.2) is 24.3 Å². The fourth-order valence-corrected chi connectivity index (χ4v) is 4.73. The molecule has 2 N–H and O–H groups in total. The van der Waals surface area contributed by atoms with Crippen molar-refractivity contribution in [2.45, 2.75) is 37.5 Å². The molecule has 0 unspecified atom stereocenters. The lowest BCUT2D eigenvalue weighted by atomic mass is 9.74. The van der Waals surface area contributed by atoms with Crippen molar-refractivity contribution in [1.82, 2.24) is 9.80 Å². The Morgan fingerprint density at radius 1 is 1.21 bits per heavy atom. The summed E-state index contributed by atoms with van der Waals surface area (Å²) in [5.41, 5.74) is 6.97. The minimum atomic E-state index is -0.149. The van der Waals surface area contributed by atoms with Crippen LogP contribution in [0.1, 0.15) is 37.7 Å². The van der Waals surface area contributed by atoms with Crippen LogP contribution >= 0.6 is 0 Å². The highest BCUT2D eigenvalue weighted by Gasteiger charge is 2.34. The van der Waals surface area contributed by atoms with E-state index in [1.54, 1.807) is 0 Å². The third-order valence-electron chi connectivity index (χ3n) is 6.41. The van der Waals surface area contributed by atoms with E-state index in [0.29, 0.717) is 6.61 Å². The summed E-state index contributed by atoms with van der Waals surface area (Å²) in [5, 5.41) is 0. The van der Waals surface area contributed by atoms with Crippen molar-refractivity contribution in [3.8, 4) is 5.75 Å². The Labute approximate surface area is 175 Å². The monoisotopic (exact) mass is 403 g/mol. The number of primary amides is 1. The number of likely N-dealkylation sites (N-methyl/N-ethyl adjacent to an activating group) is 1. The maximum absolute atomic E-state index is 11.3. The number of carbonyl (C=O) groups excluding carboxylic acids is 1. The second-order valence-electron chi connectivity index (χ2n) is 8.88. The standard InChI is InChI=1S/C23H37N3O3/c1-25(2)18-23(10-16-28-17-11-23)20-4-6-21(7-5-20)29-15-3-12-26-13-8-19(9-14-26)22(24)27/h4-7,19H,3,8-18H2,1-2H3,(H2,24,27). The number of ether oxygens (including phenoxy) is 2. The topological polar surface area (TPSA) is 68.0 Å². The van der Waals surface area contributed by atoms with Crippen molar-refractivity contribution in [1.29, 1.82) is 0 Å². The number of hydrogen-bond donors (Lipinski definition) is 1. The minimum absolute atomic E-state index is 0.0625. The van der Waals surface area contributed by atoms with Gasteiger partial charge in [0.25, 0.3) is 0 Å². The fourth-order valence-electron chi connectivity index (χ4n) is 4.73. The third-order valence-corrected chi connectivity index (χ3v) is 6.41. The molecule has 29 heavy (non-hydrogen) atoms. The molecule has 0 atom stereocenters. The molecule has 1 aromatic rings. The van der Waals surface area contributed by atoms with Crippen LogP contribution in [0.3, 0.4) is 0 Å². The third kappa shape index (κ3) is 6.17. The first-order valence-electron chi connectivity index (χ1n) is 11.0. The minimum Gasteiger partial charge on any atom is -0.494 e. The summed E-state index contributed by atoms with van der Waals surface area (Å²) >= 11 is 0. The maximum atomic E-state index is 11.3. The second kappa shape index (κ2) is 10.4. The van der Waals surface area contributed by atoms with Gasteiger partial charge in [-0.2, -0.15) is 0 Å². The molecule has 2 aliphatic rings. The Morgan fingerprint density at radius 3 is 2.45 bits per heavy atom. The Balaban J connectivity index is 1.44. The SMILES string of the molecule is CN(C)CC1(c2ccc(OCCCN3CCC(C(N)=O)CC3)cc2)CCOCC1. The Kier molecular flexibility index (Phi) is 7.92. The summed E-state index contributed by atoms with van der Waals surface area (Å²) in [6.07, 6.45) is 4.90. The van der Waals surface area contributed by atoms with Crippen LogP contribution < -0.4 is 10.5 Å². The quantitative estimate of drug-likeness (QED) is 0.641. The van der Waals surface area contributed by atoms with Crippen molar-refractivity contribution in [3.63, 3.8) is 0 Å². The lowest BCUT2D eigenvalue weighted by Crippen LogP contribution is -2.42. The summed E-state index contributed by atoms with van der Waals surface area (Å²) in [6.45, 7) is 6.36. The first-order valence-corrected chi connectivity index (χ1v) is 11.0. The van der Waals surface area contributed by atoms with Crippen molar-refractivity contribution < 1.29 is 14.3 Å². The number of likely N-dealkylation sites (tertiary alicyclic amines) is 1. The van der Waals surface area contributed by atoms with Crippen LogP contribution in [0, 0.1) is 5.92 Å². The van der Waals surface area contributed by atoms with Gasteiger partial charge < -0.3 is 25.0 Å². The second-order valence-corrected chi connectivity index (χ2v) is 8.88. The molecule has 1 amide bonds. The molecular formula is C23H37N3O3. The molecular weight excluding hydrogens is 366 g/mol. The van der Waals surface area contributed by atoms with E-state index in [1.165, 1.54) is 5.56 Å². The normalized spacial score (nSPS) is 20.7. The van der Waals surface area contributed by atoms with Crippen LogP contribution in [0.4, 0.5) is 0 Å². The molecule has 1 aromatic carbocycles. The average molecular weight is 404 g/mol. The highest BCUT2D eigenvalue weighted by molar-refractivity contribution is 5.76. The van der Waals surface area contributed by atoms with Crippen LogP contribution in [-0.4, -0.2) is 75.8 Å². The van der Waals surface area contributed by atoms with Gasteiger partial charge in [0.15, 0.2) is 0 Å². The molecule has 0 saturated carbocycles. The average Bonchev–Trinajstić information content (AvgIpc) is 2.72. The summed E-state index contributed by atoms with van der Waals surface area (Å²) in [6, 6.07) is 8.69. The first-order chi connectivity index (χ1) is 14.0. The van der Waals surface area contributed by atoms with E-state index < -0.39 is 0 Å². The molecule has 2 heterocycles. The van der Waals surface area contributed by atoms with E-state index in [1.807, 2.05) is 0 Å². The van der Waals surface area contributed by atoms with E-state index in [4.69, 9.17) is 15.2 Å². The highest BCUT2D eigenvalue weighted by atomic mass is 16.5. The van der Waals surface area contributed by atoms with Gasteiger partial charge in [0.1, 0.15) is 5.75 Å². The number of carbonyl (C=O) groups is 1. The number of nitrogens with two attached hydrogens (primary N) is 1. The van der Waals surface area contributed by atoms with Crippen LogP contribution in [0.25, 0.3) is 0 Å². The maximum Gasteiger partial charge on any atom is 0.220 e. The van der Waals surface area contributed by atoms with Crippen molar-refractivity contribution in [2.75, 3.05) is 60.1 Å². The first kappa shape index (κ1) is 22.1. The molecule has 3 rings (SSSR count). The van der Waals surface area contributed by atoms with Gasteiger partial charge in [0.05, 0.1) is 6.61 Å². The molecule has 6 nitrogen and oxygen atoms in total. The smallest absolute Gasteiger partial charge is 0.220 e. The molecule has 0 aliphatic carbocycles. The number of benzene rings is 1. The summed E-state index contributed by atoms with van der Waals surface area (Å²) < 4.78 is 11.6. The van der Waals surface area contributed by atoms with Gasteiger partial charge in [-0.25, -0.2) is 0 Å². The summed E-state index contributed by atoms with van der Waals surface area (Å²) in [4.78, 5) is 15.9. The fraction of sp³-hybridized carbons (Fsp3) is 0.696. The molecule has 0 aromatic heterocycles. The Hall–Kier alpha value is -1.63.